The van der Waals surface area contributed by atoms with Crippen LogP contribution in [0.1, 0.15) is 37.8 Å². The molecule has 2 heterocycles. The van der Waals surface area contributed by atoms with E-state index in [9.17, 15) is 9.59 Å². The average molecular weight is 575 g/mol. The van der Waals surface area contributed by atoms with Crippen molar-refractivity contribution < 1.29 is 9.59 Å². The van der Waals surface area contributed by atoms with Crippen LogP contribution >= 0.6 is 0 Å². The summed E-state index contributed by atoms with van der Waals surface area (Å²) in [6.07, 6.45) is 1.38. The number of aromatic nitrogens is 2. The molecule has 5 aromatic carbocycles. The van der Waals surface area contributed by atoms with Crippen LogP contribution in [-0.4, -0.2) is 28.3 Å². The minimum atomic E-state index is -0.203. The SMILES string of the molecule is O=C(Nc1ccc(C(=O)N2CCc3[nH]c(Cc4ccccc4)nc3-c3ccccc32)cc1)c1ccccc1-c1ccccc1. The zero-order chi connectivity index (χ0) is 29.9. The number of hydrogen-bond acceptors (Lipinski definition) is 3. The van der Waals surface area contributed by atoms with Crippen LogP contribution in [0.25, 0.3) is 22.4 Å². The van der Waals surface area contributed by atoms with E-state index in [2.05, 4.69) is 22.4 Å². The van der Waals surface area contributed by atoms with Crippen LogP contribution in [-0.2, 0) is 12.8 Å². The van der Waals surface area contributed by atoms with Gasteiger partial charge in [0.2, 0.25) is 0 Å². The van der Waals surface area contributed by atoms with E-state index in [0.29, 0.717) is 29.8 Å². The van der Waals surface area contributed by atoms with Gasteiger partial charge in [-0.25, -0.2) is 4.98 Å². The number of carbonyl (C=O) groups excluding carboxylic acids is 2. The number of H-pyrrole nitrogens is 1. The van der Waals surface area contributed by atoms with Crippen LogP contribution in [0.3, 0.4) is 0 Å². The largest absolute Gasteiger partial charge is 0.345 e. The van der Waals surface area contributed by atoms with Crippen LogP contribution in [0.5, 0.6) is 0 Å². The first kappa shape index (κ1) is 27.1. The summed E-state index contributed by atoms with van der Waals surface area (Å²) in [5, 5.41) is 2.99. The first-order chi connectivity index (χ1) is 21.6. The molecule has 44 heavy (non-hydrogen) atoms. The Morgan fingerprint density at radius 3 is 2.16 bits per heavy atom. The molecule has 1 aromatic heterocycles. The highest BCUT2D eigenvalue weighted by atomic mass is 16.2. The fourth-order valence-corrected chi connectivity index (χ4v) is 5.81. The number of amides is 2. The van der Waals surface area contributed by atoms with Gasteiger partial charge in [-0.3, -0.25) is 9.59 Å². The van der Waals surface area contributed by atoms with Crippen molar-refractivity contribution in [1.82, 2.24) is 9.97 Å². The van der Waals surface area contributed by atoms with Gasteiger partial charge < -0.3 is 15.2 Å². The molecule has 0 atom stereocenters. The van der Waals surface area contributed by atoms with E-state index in [1.54, 1.807) is 24.3 Å². The number of nitrogens with one attached hydrogen (secondary N) is 2. The smallest absolute Gasteiger partial charge is 0.258 e. The molecule has 0 spiro atoms. The molecule has 0 fully saturated rings. The lowest BCUT2D eigenvalue weighted by molar-refractivity contribution is 0.0986. The van der Waals surface area contributed by atoms with Gasteiger partial charge in [-0.1, -0.05) is 97.1 Å². The quantitative estimate of drug-likeness (QED) is 0.213. The fraction of sp³-hybridized carbons (Fsp3) is 0.0789. The van der Waals surface area contributed by atoms with Crippen LogP contribution < -0.4 is 10.2 Å². The van der Waals surface area contributed by atoms with E-state index in [0.717, 1.165) is 46.0 Å². The summed E-state index contributed by atoms with van der Waals surface area (Å²) in [7, 11) is 0. The van der Waals surface area contributed by atoms with Crippen molar-refractivity contribution >= 4 is 23.2 Å². The normalized spacial score (nSPS) is 12.1. The minimum absolute atomic E-state index is 0.0978. The Balaban J connectivity index is 1.10. The second kappa shape index (κ2) is 11.9. The number of rotatable bonds is 6. The number of imidazole rings is 1. The molecule has 6 aromatic rings. The Kier molecular flexibility index (Phi) is 7.30. The highest BCUT2D eigenvalue weighted by Gasteiger charge is 2.27. The molecule has 2 amide bonds. The number of fused-ring (bicyclic) bond motifs is 3. The Morgan fingerprint density at radius 2 is 1.39 bits per heavy atom. The maximum absolute atomic E-state index is 13.9. The first-order valence-corrected chi connectivity index (χ1v) is 14.7. The van der Waals surface area contributed by atoms with Crippen molar-refractivity contribution in [1.29, 1.82) is 0 Å². The van der Waals surface area contributed by atoms with Crippen LogP contribution in [0.4, 0.5) is 11.4 Å². The molecule has 1 aliphatic heterocycles. The van der Waals surface area contributed by atoms with Gasteiger partial charge in [0.05, 0.1) is 11.4 Å². The van der Waals surface area contributed by atoms with E-state index < -0.39 is 0 Å². The standard InChI is InChI=1S/C38H30N4O2/c43-37(31-16-8-7-15-30(31)27-13-5-2-6-14-27)39-29-21-19-28(20-22-29)38(44)42-24-23-33-36(32-17-9-10-18-34(32)42)41-35(40-33)25-26-11-3-1-4-12-26/h1-22H,23-25H2,(H,39,43)(H,40,41). The molecule has 0 saturated heterocycles. The average Bonchev–Trinajstić information content (AvgIpc) is 3.41. The lowest BCUT2D eigenvalue weighted by Crippen LogP contribution is -2.32. The first-order valence-electron chi connectivity index (χ1n) is 14.7. The van der Waals surface area contributed by atoms with E-state index >= 15 is 0 Å². The van der Waals surface area contributed by atoms with Gasteiger partial charge in [-0.15, -0.1) is 0 Å². The third-order valence-corrected chi connectivity index (χ3v) is 7.97. The molecule has 0 saturated carbocycles. The number of benzene rings is 5. The molecular formula is C38H30N4O2. The Hall–Kier alpha value is -5.75. The second-order valence-corrected chi connectivity index (χ2v) is 10.8. The summed E-state index contributed by atoms with van der Waals surface area (Å²) in [5.41, 5.74) is 8.50. The summed E-state index contributed by atoms with van der Waals surface area (Å²) in [6.45, 7) is 0.518. The number of carbonyl (C=O) groups is 2. The van der Waals surface area contributed by atoms with Gasteiger partial charge in [-0.05, 0) is 53.1 Å². The number of aromatic amines is 1. The highest BCUT2D eigenvalue weighted by Crippen LogP contribution is 2.36. The van der Waals surface area contributed by atoms with Crippen molar-refractivity contribution in [3.8, 4) is 22.4 Å². The predicted octanol–water partition coefficient (Wildman–Crippen LogP) is 7.79. The molecule has 0 bridgehead atoms. The zero-order valence-electron chi connectivity index (χ0n) is 24.0. The molecule has 214 valence electrons. The summed E-state index contributed by atoms with van der Waals surface area (Å²) >= 11 is 0. The highest BCUT2D eigenvalue weighted by molar-refractivity contribution is 6.10. The number of anilines is 2. The van der Waals surface area contributed by atoms with E-state index in [4.69, 9.17) is 4.98 Å². The zero-order valence-corrected chi connectivity index (χ0v) is 24.0. The molecule has 6 heteroatoms. The monoisotopic (exact) mass is 574 g/mol. The number of hydrogen-bond donors (Lipinski definition) is 2. The lowest BCUT2D eigenvalue weighted by atomic mass is 9.99. The third kappa shape index (κ3) is 5.41. The fourth-order valence-electron chi connectivity index (χ4n) is 5.81. The van der Waals surface area contributed by atoms with E-state index in [-0.39, 0.29) is 11.8 Å². The van der Waals surface area contributed by atoms with Gasteiger partial charge in [0.1, 0.15) is 5.82 Å². The van der Waals surface area contributed by atoms with Crippen molar-refractivity contribution in [3.05, 3.63) is 162 Å². The minimum Gasteiger partial charge on any atom is -0.345 e. The molecule has 0 unspecified atom stereocenters. The van der Waals surface area contributed by atoms with Crippen LogP contribution in [0.2, 0.25) is 0 Å². The topological polar surface area (TPSA) is 78.1 Å². The van der Waals surface area contributed by atoms with Gasteiger partial charge in [0, 0.05) is 47.5 Å². The van der Waals surface area contributed by atoms with E-state index in [1.165, 1.54) is 5.56 Å². The molecule has 1 aliphatic rings. The number of para-hydroxylation sites is 1. The molecule has 6 nitrogen and oxygen atoms in total. The van der Waals surface area contributed by atoms with Crippen molar-refractivity contribution in [2.75, 3.05) is 16.8 Å². The lowest BCUT2D eigenvalue weighted by Gasteiger charge is -2.23. The Bertz CT molecular complexity index is 1950. The summed E-state index contributed by atoms with van der Waals surface area (Å²) in [4.78, 5) is 37.4. The third-order valence-electron chi connectivity index (χ3n) is 7.97. The molecule has 7 rings (SSSR count). The maximum atomic E-state index is 13.9. The van der Waals surface area contributed by atoms with E-state index in [1.807, 2.05) is 102 Å². The second-order valence-electron chi connectivity index (χ2n) is 10.8. The number of nitrogens with zero attached hydrogens (tertiary/aromatic N) is 2. The summed E-state index contributed by atoms with van der Waals surface area (Å²) < 4.78 is 0. The van der Waals surface area contributed by atoms with Crippen molar-refractivity contribution in [3.63, 3.8) is 0 Å². The molecule has 0 radical (unpaired) electrons. The van der Waals surface area contributed by atoms with Gasteiger partial charge in [0.15, 0.2) is 0 Å². The maximum Gasteiger partial charge on any atom is 0.258 e. The Morgan fingerprint density at radius 1 is 0.727 bits per heavy atom. The molecule has 2 N–H and O–H groups in total. The van der Waals surface area contributed by atoms with Crippen molar-refractivity contribution in [2.24, 2.45) is 0 Å². The predicted molar refractivity (Wildman–Crippen MR) is 175 cm³/mol. The van der Waals surface area contributed by atoms with Gasteiger partial charge in [-0.2, -0.15) is 0 Å². The van der Waals surface area contributed by atoms with Gasteiger partial charge in [0.25, 0.3) is 11.8 Å². The summed E-state index contributed by atoms with van der Waals surface area (Å²) in [6, 6.07) is 42.7. The Labute approximate surface area is 256 Å². The van der Waals surface area contributed by atoms with Gasteiger partial charge >= 0.3 is 0 Å². The van der Waals surface area contributed by atoms with Crippen LogP contribution in [0.15, 0.2) is 133 Å². The van der Waals surface area contributed by atoms with Crippen molar-refractivity contribution in [2.45, 2.75) is 12.8 Å². The molecular weight excluding hydrogens is 544 g/mol. The summed E-state index contributed by atoms with van der Waals surface area (Å²) in [5.74, 6) is 0.615. The van der Waals surface area contributed by atoms with Crippen LogP contribution in [0, 0.1) is 0 Å². The molecule has 0 aliphatic carbocycles.